The normalized spacial score (nSPS) is 20.7. The summed E-state index contributed by atoms with van der Waals surface area (Å²) in [5, 5.41) is 9.58. The van der Waals surface area contributed by atoms with Crippen molar-refractivity contribution in [2.75, 3.05) is 11.5 Å². The zero-order valence-electron chi connectivity index (χ0n) is 27.3. The minimum Gasteiger partial charge on any atom is -0.481 e. The largest absolute Gasteiger partial charge is 0.481 e. The van der Waals surface area contributed by atoms with Gasteiger partial charge in [-0.15, -0.1) is 0 Å². The number of aliphatic carboxylic acids is 1. The standard InChI is InChI=1S/C29H37F17O5S/c1-2-3-4-5-6-7-8-9-10-11-12-13-18-19(20(47)48)17(21(49)51-18)16-52(50)15-14-22(30,31)23(32,33)24(34,35)25(36,37)26(38,39)27(40,41)28(42,43)29(44,45)46/h17-19H,2-16H2,1H3,(H,47,48)/t17?,18-,19+,52?/m1/s1. The molecule has 4 atom stereocenters. The molecule has 23 heteroatoms. The van der Waals surface area contributed by atoms with Crippen LogP contribution in [-0.4, -0.2) is 86.5 Å². The molecule has 2 unspecified atom stereocenters. The van der Waals surface area contributed by atoms with Crippen LogP contribution in [0.5, 0.6) is 0 Å². The van der Waals surface area contributed by atoms with E-state index in [0.717, 1.165) is 57.8 Å². The van der Waals surface area contributed by atoms with E-state index >= 15 is 0 Å². The number of hydrogen-bond donors (Lipinski definition) is 1. The van der Waals surface area contributed by atoms with Crippen molar-refractivity contribution in [1.82, 2.24) is 0 Å². The minimum atomic E-state index is -8.76. The van der Waals surface area contributed by atoms with E-state index in [9.17, 15) is 93.5 Å². The van der Waals surface area contributed by atoms with Gasteiger partial charge in [0.05, 0.1) is 5.92 Å². The Morgan fingerprint density at radius 2 is 1.02 bits per heavy atom. The van der Waals surface area contributed by atoms with E-state index in [0.29, 0.717) is 12.8 Å². The van der Waals surface area contributed by atoms with Crippen molar-refractivity contribution in [2.45, 2.75) is 144 Å². The average Bonchev–Trinajstić information content (AvgIpc) is 3.31. The van der Waals surface area contributed by atoms with Crippen LogP contribution in [0.15, 0.2) is 0 Å². The molecule has 1 fully saturated rings. The molecule has 0 aromatic heterocycles. The van der Waals surface area contributed by atoms with Crippen molar-refractivity contribution in [1.29, 1.82) is 0 Å². The third-order valence-electron chi connectivity index (χ3n) is 8.58. The van der Waals surface area contributed by atoms with Gasteiger partial charge in [-0.2, -0.15) is 74.6 Å². The van der Waals surface area contributed by atoms with Crippen LogP contribution in [0.3, 0.4) is 0 Å². The first-order chi connectivity index (χ1) is 23.4. The highest BCUT2D eigenvalue weighted by Crippen LogP contribution is 2.64. The Labute approximate surface area is 288 Å². The van der Waals surface area contributed by atoms with Crippen molar-refractivity contribution >= 4 is 22.7 Å². The fourth-order valence-corrected chi connectivity index (χ4v) is 6.74. The molecule has 0 spiro atoms. The number of halogens is 17. The summed E-state index contributed by atoms with van der Waals surface area (Å²) in [4.78, 5) is 24.2. The molecule has 1 heterocycles. The third-order valence-corrected chi connectivity index (χ3v) is 9.97. The van der Waals surface area contributed by atoms with Gasteiger partial charge >= 0.3 is 59.6 Å². The van der Waals surface area contributed by atoms with E-state index in [4.69, 9.17) is 4.74 Å². The predicted molar refractivity (Wildman–Crippen MR) is 149 cm³/mol. The van der Waals surface area contributed by atoms with Crippen LogP contribution in [0.1, 0.15) is 90.4 Å². The van der Waals surface area contributed by atoms with Crippen LogP contribution in [0, 0.1) is 11.8 Å². The van der Waals surface area contributed by atoms with Gasteiger partial charge in [-0.1, -0.05) is 71.1 Å². The molecule has 1 rings (SSSR count). The van der Waals surface area contributed by atoms with Crippen molar-refractivity contribution in [3.05, 3.63) is 0 Å². The fourth-order valence-electron chi connectivity index (χ4n) is 5.35. The topological polar surface area (TPSA) is 80.7 Å². The Balaban J connectivity index is 2.95. The molecular formula is C29H37F17O5S. The van der Waals surface area contributed by atoms with Crippen LogP contribution in [0.4, 0.5) is 74.6 Å². The summed E-state index contributed by atoms with van der Waals surface area (Å²) >= 11 is 0. The number of ether oxygens (including phenoxy) is 1. The molecular weight excluding hydrogens is 783 g/mol. The number of carboxylic acids is 1. The monoisotopic (exact) mass is 820 g/mol. The molecule has 0 aromatic carbocycles. The zero-order valence-corrected chi connectivity index (χ0v) is 28.1. The molecule has 5 nitrogen and oxygen atoms in total. The van der Waals surface area contributed by atoms with Gasteiger partial charge in [0, 0.05) is 28.7 Å². The molecule has 0 bridgehead atoms. The molecule has 0 radical (unpaired) electrons. The van der Waals surface area contributed by atoms with Crippen LogP contribution >= 0.6 is 0 Å². The van der Waals surface area contributed by atoms with Crippen LogP contribution in [-0.2, 0) is 25.1 Å². The second-order valence-electron chi connectivity index (χ2n) is 12.5. The van der Waals surface area contributed by atoms with Crippen molar-refractivity contribution in [2.24, 2.45) is 11.8 Å². The number of alkyl halides is 17. The summed E-state index contributed by atoms with van der Waals surface area (Å²) in [7, 11) is -3.08. The van der Waals surface area contributed by atoms with Crippen LogP contribution < -0.4 is 0 Å². The molecule has 1 saturated heterocycles. The fraction of sp³-hybridized carbons (Fsp3) is 0.931. The van der Waals surface area contributed by atoms with Gasteiger partial charge in [-0.3, -0.25) is 13.8 Å². The molecule has 1 aliphatic rings. The van der Waals surface area contributed by atoms with Gasteiger partial charge in [0.25, 0.3) is 0 Å². The summed E-state index contributed by atoms with van der Waals surface area (Å²) in [6.07, 6.45) is -2.11. The lowest BCUT2D eigenvalue weighted by Crippen LogP contribution is -2.74. The number of cyclic esters (lactones) is 1. The number of hydrogen-bond acceptors (Lipinski definition) is 4. The Morgan fingerprint density at radius 3 is 1.42 bits per heavy atom. The first-order valence-corrected chi connectivity index (χ1v) is 17.4. The molecule has 0 amide bonds. The van der Waals surface area contributed by atoms with Gasteiger partial charge in [0.15, 0.2) is 0 Å². The second-order valence-corrected chi connectivity index (χ2v) is 14.1. The predicted octanol–water partition coefficient (Wildman–Crippen LogP) is 10.1. The lowest BCUT2D eigenvalue weighted by molar-refractivity contribution is -0.461. The molecule has 52 heavy (non-hydrogen) atoms. The summed E-state index contributed by atoms with van der Waals surface area (Å²) in [5.74, 6) is -67.5. The molecule has 0 saturated carbocycles. The van der Waals surface area contributed by atoms with Crippen molar-refractivity contribution < 1.29 is 98.3 Å². The Morgan fingerprint density at radius 1 is 0.635 bits per heavy atom. The smallest absolute Gasteiger partial charge is 0.460 e. The molecule has 0 aromatic rings. The number of carbonyl (C=O) groups is 2. The number of carboxylic acid groups (broad SMARTS) is 1. The van der Waals surface area contributed by atoms with E-state index in [1.54, 1.807) is 0 Å². The zero-order chi connectivity index (χ0) is 40.8. The highest BCUT2D eigenvalue weighted by Gasteiger charge is 2.95. The lowest BCUT2D eigenvalue weighted by Gasteiger charge is -2.42. The van der Waals surface area contributed by atoms with Crippen LogP contribution in [0.25, 0.3) is 0 Å². The van der Waals surface area contributed by atoms with Crippen molar-refractivity contribution in [3.63, 3.8) is 0 Å². The SMILES string of the molecule is CCCCCCCCCCCCC[C@H]1OC(=O)C(CS(=O)CCC(F)(F)C(F)(F)C(F)(F)C(F)(F)C(F)(F)C(F)(F)C(F)(F)C(F)(F)F)[C@@H]1C(=O)O. The maximum Gasteiger partial charge on any atom is 0.460 e. The first-order valence-electron chi connectivity index (χ1n) is 15.9. The number of rotatable bonds is 24. The highest BCUT2D eigenvalue weighted by atomic mass is 32.2. The van der Waals surface area contributed by atoms with Gasteiger partial charge in [0.2, 0.25) is 0 Å². The minimum absolute atomic E-state index is 0.0327. The quantitative estimate of drug-likeness (QED) is 0.0596. The van der Waals surface area contributed by atoms with E-state index in [1.165, 1.54) is 0 Å². The second kappa shape index (κ2) is 17.6. The van der Waals surface area contributed by atoms with E-state index in [2.05, 4.69) is 6.92 Å². The molecule has 308 valence electrons. The molecule has 1 aliphatic heterocycles. The summed E-state index contributed by atoms with van der Waals surface area (Å²) < 4.78 is 246. The summed E-state index contributed by atoms with van der Waals surface area (Å²) in [5.41, 5.74) is 0. The van der Waals surface area contributed by atoms with Crippen LogP contribution in [0.2, 0.25) is 0 Å². The Hall–Kier alpha value is -2.10. The van der Waals surface area contributed by atoms with Gasteiger partial charge in [-0.25, -0.2) is 0 Å². The third kappa shape index (κ3) is 9.76. The number of esters is 1. The lowest BCUT2D eigenvalue weighted by atomic mass is 9.88. The Bertz CT molecular complexity index is 1210. The van der Waals surface area contributed by atoms with Crippen molar-refractivity contribution in [3.8, 4) is 0 Å². The number of carbonyl (C=O) groups excluding carboxylic acids is 1. The molecule has 0 aliphatic carbocycles. The van der Waals surface area contributed by atoms with Gasteiger partial charge < -0.3 is 9.84 Å². The van der Waals surface area contributed by atoms with Gasteiger partial charge in [-0.05, 0) is 12.8 Å². The maximum atomic E-state index is 14.2. The maximum absolute atomic E-state index is 14.2. The van der Waals surface area contributed by atoms with E-state index in [-0.39, 0.29) is 6.42 Å². The van der Waals surface area contributed by atoms with Gasteiger partial charge in [0.1, 0.15) is 12.0 Å². The molecule has 1 N–H and O–H groups in total. The van der Waals surface area contributed by atoms with E-state index in [1.807, 2.05) is 0 Å². The summed E-state index contributed by atoms with van der Waals surface area (Å²) in [6.45, 7) is 2.09. The number of unbranched alkanes of at least 4 members (excludes halogenated alkanes) is 10. The average molecular weight is 821 g/mol. The highest BCUT2D eigenvalue weighted by molar-refractivity contribution is 7.85. The Kier molecular flexibility index (Phi) is 16.2. The summed E-state index contributed by atoms with van der Waals surface area (Å²) in [6, 6.07) is 0. The van der Waals surface area contributed by atoms with E-state index < -0.39 is 106 Å². The first kappa shape index (κ1) is 47.9.